The highest BCUT2D eigenvalue weighted by molar-refractivity contribution is 5.78. The molecule has 2 fully saturated rings. The van der Waals surface area contributed by atoms with E-state index in [1.54, 1.807) is 0 Å². The van der Waals surface area contributed by atoms with E-state index in [9.17, 15) is 4.79 Å². The van der Waals surface area contributed by atoms with Gasteiger partial charge in [-0.15, -0.1) is 0 Å². The van der Waals surface area contributed by atoms with Gasteiger partial charge in [0.15, 0.2) is 0 Å². The van der Waals surface area contributed by atoms with Crippen LogP contribution in [0.3, 0.4) is 0 Å². The van der Waals surface area contributed by atoms with Gasteiger partial charge in [-0.1, -0.05) is 12.8 Å². The van der Waals surface area contributed by atoms with Crippen LogP contribution >= 0.6 is 0 Å². The molecular weight excluding hydrogens is 166 g/mol. The fraction of sp³-hybridized carbons (Fsp3) is 0.900. The molecule has 3 nitrogen and oxygen atoms in total. The van der Waals surface area contributed by atoms with Crippen LogP contribution in [0.4, 0.5) is 0 Å². The molecule has 0 aromatic rings. The Morgan fingerprint density at radius 1 is 1.38 bits per heavy atom. The molecule has 3 heteroatoms. The SMILES string of the molecule is O=C1CC(CO)CN1CCC1CC1. The van der Waals surface area contributed by atoms with Crippen molar-refractivity contribution in [1.82, 2.24) is 4.90 Å². The van der Waals surface area contributed by atoms with E-state index in [0.717, 1.165) is 19.0 Å². The zero-order valence-electron chi connectivity index (χ0n) is 7.91. The van der Waals surface area contributed by atoms with Crippen molar-refractivity contribution in [3.63, 3.8) is 0 Å². The first-order valence-corrected chi connectivity index (χ1v) is 5.18. The minimum Gasteiger partial charge on any atom is -0.396 e. The molecule has 0 bridgehead atoms. The maximum atomic E-state index is 11.4. The number of hydrogen-bond acceptors (Lipinski definition) is 2. The van der Waals surface area contributed by atoms with Crippen LogP contribution < -0.4 is 0 Å². The summed E-state index contributed by atoms with van der Waals surface area (Å²) in [7, 11) is 0. The fourth-order valence-corrected chi connectivity index (χ4v) is 1.94. The van der Waals surface area contributed by atoms with Crippen molar-refractivity contribution in [2.24, 2.45) is 11.8 Å². The summed E-state index contributed by atoms with van der Waals surface area (Å²) in [5, 5.41) is 8.91. The summed E-state index contributed by atoms with van der Waals surface area (Å²) < 4.78 is 0. The molecular formula is C10H17NO2. The van der Waals surface area contributed by atoms with Gasteiger partial charge in [0.1, 0.15) is 0 Å². The topological polar surface area (TPSA) is 40.5 Å². The lowest BCUT2D eigenvalue weighted by molar-refractivity contribution is -0.127. The Labute approximate surface area is 78.7 Å². The lowest BCUT2D eigenvalue weighted by atomic mass is 10.1. The van der Waals surface area contributed by atoms with E-state index in [1.807, 2.05) is 4.90 Å². The molecule has 0 radical (unpaired) electrons. The number of aliphatic hydroxyl groups is 1. The molecule has 0 aromatic carbocycles. The number of hydrogen-bond donors (Lipinski definition) is 1. The van der Waals surface area contributed by atoms with E-state index in [0.29, 0.717) is 6.42 Å². The summed E-state index contributed by atoms with van der Waals surface area (Å²) in [5.41, 5.74) is 0. The van der Waals surface area contributed by atoms with E-state index in [2.05, 4.69) is 0 Å². The van der Waals surface area contributed by atoms with Crippen LogP contribution in [0.2, 0.25) is 0 Å². The maximum Gasteiger partial charge on any atom is 0.223 e. The highest BCUT2D eigenvalue weighted by Gasteiger charge is 2.30. The van der Waals surface area contributed by atoms with Gasteiger partial charge in [0.05, 0.1) is 0 Å². The third kappa shape index (κ3) is 2.21. The number of carbonyl (C=O) groups excluding carboxylic acids is 1. The first-order valence-electron chi connectivity index (χ1n) is 5.18. The zero-order chi connectivity index (χ0) is 9.26. The monoisotopic (exact) mass is 183 g/mol. The summed E-state index contributed by atoms with van der Waals surface area (Å²) in [6.45, 7) is 1.85. The molecule has 0 aromatic heterocycles. The van der Waals surface area contributed by atoms with Crippen molar-refractivity contribution in [3.8, 4) is 0 Å². The van der Waals surface area contributed by atoms with E-state index in [4.69, 9.17) is 5.11 Å². The third-order valence-electron chi connectivity index (χ3n) is 3.06. The van der Waals surface area contributed by atoms with Gasteiger partial charge in [-0.05, 0) is 12.3 Å². The largest absolute Gasteiger partial charge is 0.396 e. The predicted molar refractivity (Wildman–Crippen MR) is 49.1 cm³/mol. The maximum absolute atomic E-state index is 11.4. The van der Waals surface area contributed by atoms with Gasteiger partial charge in [0.25, 0.3) is 0 Å². The van der Waals surface area contributed by atoms with Crippen LogP contribution in [-0.4, -0.2) is 35.6 Å². The van der Waals surface area contributed by atoms with Gasteiger partial charge in [-0.25, -0.2) is 0 Å². The highest BCUT2D eigenvalue weighted by Crippen LogP contribution is 2.33. The second-order valence-corrected chi connectivity index (χ2v) is 4.32. The number of likely N-dealkylation sites (tertiary alicyclic amines) is 1. The zero-order valence-corrected chi connectivity index (χ0v) is 7.91. The van der Waals surface area contributed by atoms with Crippen LogP contribution in [0.5, 0.6) is 0 Å². The van der Waals surface area contributed by atoms with Crippen molar-refractivity contribution < 1.29 is 9.90 Å². The molecule has 1 saturated carbocycles. The van der Waals surface area contributed by atoms with Crippen molar-refractivity contribution in [2.75, 3.05) is 19.7 Å². The number of amides is 1. The van der Waals surface area contributed by atoms with Crippen LogP contribution in [0.15, 0.2) is 0 Å². The lowest BCUT2D eigenvalue weighted by Gasteiger charge is -2.15. The van der Waals surface area contributed by atoms with Crippen LogP contribution in [0.25, 0.3) is 0 Å². The first-order chi connectivity index (χ1) is 6.29. The van der Waals surface area contributed by atoms with Crippen LogP contribution in [-0.2, 0) is 4.79 Å². The van der Waals surface area contributed by atoms with Crippen molar-refractivity contribution in [1.29, 1.82) is 0 Å². The molecule has 74 valence electrons. The van der Waals surface area contributed by atoms with Crippen LogP contribution in [0.1, 0.15) is 25.7 Å². The Morgan fingerprint density at radius 3 is 2.69 bits per heavy atom. The molecule has 1 unspecified atom stereocenters. The standard InChI is InChI=1S/C10H17NO2/c12-7-9-5-10(13)11(6-9)4-3-8-1-2-8/h8-9,12H,1-7H2. The van der Waals surface area contributed by atoms with E-state index < -0.39 is 0 Å². The molecule has 1 amide bonds. The van der Waals surface area contributed by atoms with Crippen molar-refractivity contribution in [2.45, 2.75) is 25.7 Å². The molecule has 1 heterocycles. The van der Waals surface area contributed by atoms with E-state index in [1.165, 1.54) is 19.3 Å². The Kier molecular flexibility index (Phi) is 2.54. The van der Waals surface area contributed by atoms with Crippen molar-refractivity contribution >= 4 is 5.91 Å². The first kappa shape index (κ1) is 9.00. The van der Waals surface area contributed by atoms with Crippen LogP contribution in [0, 0.1) is 11.8 Å². The quantitative estimate of drug-likeness (QED) is 0.694. The Morgan fingerprint density at radius 2 is 2.15 bits per heavy atom. The fourth-order valence-electron chi connectivity index (χ4n) is 1.94. The van der Waals surface area contributed by atoms with Gasteiger partial charge < -0.3 is 10.0 Å². The minimum atomic E-state index is 0.158. The lowest BCUT2D eigenvalue weighted by Crippen LogP contribution is -2.26. The summed E-state index contributed by atoms with van der Waals surface area (Å²) in [4.78, 5) is 13.3. The summed E-state index contributed by atoms with van der Waals surface area (Å²) >= 11 is 0. The van der Waals surface area contributed by atoms with Gasteiger partial charge in [0, 0.05) is 32.0 Å². The molecule has 1 aliphatic heterocycles. The number of rotatable bonds is 4. The molecule has 1 atom stereocenters. The van der Waals surface area contributed by atoms with E-state index >= 15 is 0 Å². The second kappa shape index (κ2) is 3.66. The van der Waals surface area contributed by atoms with Gasteiger partial charge in [0.2, 0.25) is 5.91 Å². The van der Waals surface area contributed by atoms with Gasteiger partial charge >= 0.3 is 0 Å². The number of carbonyl (C=O) groups is 1. The highest BCUT2D eigenvalue weighted by atomic mass is 16.3. The smallest absolute Gasteiger partial charge is 0.223 e. The normalized spacial score (nSPS) is 28.5. The minimum absolute atomic E-state index is 0.158. The second-order valence-electron chi connectivity index (χ2n) is 4.32. The Bertz CT molecular complexity index is 201. The summed E-state index contributed by atoms with van der Waals surface area (Å²) in [6.07, 6.45) is 4.43. The molecule has 2 rings (SSSR count). The summed E-state index contributed by atoms with van der Waals surface area (Å²) in [5.74, 6) is 1.33. The van der Waals surface area contributed by atoms with Gasteiger partial charge in [-0.3, -0.25) is 4.79 Å². The third-order valence-corrected chi connectivity index (χ3v) is 3.06. The molecule has 2 aliphatic rings. The van der Waals surface area contributed by atoms with Gasteiger partial charge in [-0.2, -0.15) is 0 Å². The summed E-state index contributed by atoms with van der Waals surface area (Å²) in [6, 6.07) is 0. The Balaban J connectivity index is 1.74. The number of aliphatic hydroxyl groups excluding tert-OH is 1. The average Bonchev–Trinajstić information content (AvgIpc) is 2.88. The predicted octanol–water partition coefficient (Wildman–Crippen LogP) is 0.627. The molecule has 1 aliphatic carbocycles. The molecule has 1 saturated heterocycles. The average molecular weight is 183 g/mol. The molecule has 0 spiro atoms. The molecule has 13 heavy (non-hydrogen) atoms. The van der Waals surface area contributed by atoms with E-state index in [-0.39, 0.29) is 18.4 Å². The molecule has 1 N–H and O–H groups in total. The van der Waals surface area contributed by atoms with Crippen molar-refractivity contribution in [3.05, 3.63) is 0 Å². The number of nitrogens with zero attached hydrogens (tertiary/aromatic N) is 1. The Hall–Kier alpha value is -0.570.